The van der Waals surface area contributed by atoms with Gasteiger partial charge in [-0.05, 0) is 49.5 Å². The highest BCUT2D eigenvalue weighted by atomic mass is 35.5. The molecule has 0 unspecified atom stereocenters. The molecule has 5 nitrogen and oxygen atoms in total. The van der Waals surface area contributed by atoms with Crippen molar-refractivity contribution in [3.63, 3.8) is 0 Å². The molecule has 0 aliphatic heterocycles. The van der Waals surface area contributed by atoms with Crippen molar-refractivity contribution in [1.29, 1.82) is 0 Å². The highest BCUT2D eigenvalue weighted by Gasteiger charge is 2.31. The fourth-order valence-electron chi connectivity index (χ4n) is 1.94. The third-order valence-corrected chi connectivity index (χ3v) is 6.16. The van der Waals surface area contributed by atoms with Gasteiger partial charge in [-0.3, -0.25) is 4.79 Å². The molecule has 1 aromatic carbocycles. The van der Waals surface area contributed by atoms with Gasteiger partial charge in [0.15, 0.2) is 0 Å². The van der Waals surface area contributed by atoms with Gasteiger partial charge in [0.25, 0.3) is 0 Å². The molecule has 0 aromatic heterocycles. The molecule has 1 amide bonds. The minimum Gasteiger partial charge on any atom is -0.352 e. The Balaban J connectivity index is 2.18. The second-order valence-electron chi connectivity index (χ2n) is 5.31. The van der Waals surface area contributed by atoms with Crippen LogP contribution >= 0.6 is 35.0 Å². The summed E-state index contributed by atoms with van der Waals surface area (Å²) in [5, 5.41) is 3.15. The van der Waals surface area contributed by atoms with E-state index >= 15 is 0 Å². The first kappa shape index (κ1) is 18.9. The summed E-state index contributed by atoms with van der Waals surface area (Å²) < 4.78 is 27.5. The third kappa shape index (κ3) is 5.53. The molecule has 1 atom stereocenters. The van der Waals surface area contributed by atoms with Crippen LogP contribution in [0.2, 0.25) is 10.0 Å². The molecule has 1 aliphatic rings. The van der Waals surface area contributed by atoms with Gasteiger partial charge in [-0.1, -0.05) is 23.2 Å². The molecule has 0 radical (unpaired) electrons. The topological polar surface area (TPSA) is 75.3 Å². The van der Waals surface area contributed by atoms with Gasteiger partial charge in [-0.25, -0.2) is 8.42 Å². The first-order chi connectivity index (χ1) is 10.8. The van der Waals surface area contributed by atoms with Gasteiger partial charge >= 0.3 is 0 Å². The summed E-state index contributed by atoms with van der Waals surface area (Å²) in [5.74, 6) is 0.359. The maximum absolute atomic E-state index is 12.5. The summed E-state index contributed by atoms with van der Waals surface area (Å²) in [7, 11) is -3.94. The van der Waals surface area contributed by atoms with E-state index in [2.05, 4.69) is 10.0 Å². The van der Waals surface area contributed by atoms with Crippen molar-refractivity contribution in [3.8, 4) is 0 Å². The lowest BCUT2D eigenvalue weighted by atomic mass is 10.2. The first-order valence-corrected chi connectivity index (χ1v) is 10.7. The number of amides is 1. The second-order valence-corrected chi connectivity index (χ2v) is 8.82. The van der Waals surface area contributed by atoms with E-state index in [-0.39, 0.29) is 26.9 Å². The van der Waals surface area contributed by atoms with Crippen molar-refractivity contribution in [2.45, 2.75) is 36.2 Å². The van der Waals surface area contributed by atoms with Crippen LogP contribution in [0.15, 0.2) is 23.1 Å². The summed E-state index contributed by atoms with van der Waals surface area (Å²) in [5.41, 5.74) is 0. The van der Waals surface area contributed by atoms with Crippen LogP contribution < -0.4 is 10.0 Å². The SMILES string of the molecule is CSCC[C@H](NS(=O)(=O)c1cc(Cl)ccc1Cl)C(=O)NC1CC1. The summed E-state index contributed by atoms with van der Waals surface area (Å²) >= 11 is 13.4. The quantitative estimate of drug-likeness (QED) is 0.707. The average molecular weight is 397 g/mol. The molecule has 0 bridgehead atoms. The zero-order valence-electron chi connectivity index (χ0n) is 12.5. The Morgan fingerprint density at radius 2 is 2.09 bits per heavy atom. The maximum atomic E-state index is 12.5. The first-order valence-electron chi connectivity index (χ1n) is 7.10. The predicted molar refractivity (Wildman–Crippen MR) is 94.7 cm³/mol. The van der Waals surface area contributed by atoms with Crippen molar-refractivity contribution >= 4 is 50.9 Å². The Labute approximate surface area is 150 Å². The van der Waals surface area contributed by atoms with Crippen LogP contribution in [0.1, 0.15) is 19.3 Å². The summed E-state index contributed by atoms with van der Waals surface area (Å²) in [6.45, 7) is 0. The highest BCUT2D eigenvalue weighted by Crippen LogP contribution is 2.25. The smallest absolute Gasteiger partial charge is 0.242 e. The van der Waals surface area contributed by atoms with Gasteiger partial charge < -0.3 is 5.32 Å². The van der Waals surface area contributed by atoms with E-state index in [9.17, 15) is 13.2 Å². The van der Waals surface area contributed by atoms with Gasteiger partial charge in [0.2, 0.25) is 15.9 Å². The molecule has 0 heterocycles. The molecular weight excluding hydrogens is 379 g/mol. The molecule has 1 saturated carbocycles. The lowest BCUT2D eigenvalue weighted by Crippen LogP contribution is -2.47. The number of halogens is 2. The van der Waals surface area contributed by atoms with Crippen molar-refractivity contribution in [2.75, 3.05) is 12.0 Å². The van der Waals surface area contributed by atoms with Crippen molar-refractivity contribution < 1.29 is 13.2 Å². The molecule has 23 heavy (non-hydrogen) atoms. The molecular formula is C14H18Cl2N2O3S2. The Kier molecular flexibility index (Phi) is 6.62. The second kappa shape index (κ2) is 8.07. The molecule has 1 aromatic rings. The minimum atomic E-state index is -3.94. The van der Waals surface area contributed by atoms with Gasteiger partial charge in [0.05, 0.1) is 5.02 Å². The summed E-state index contributed by atoms with van der Waals surface area (Å²) in [4.78, 5) is 12.1. The van der Waals surface area contributed by atoms with E-state index < -0.39 is 16.1 Å². The van der Waals surface area contributed by atoms with Crippen molar-refractivity contribution in [2.24, 2.45) is 0 Å². The monoisotopic (exact) mass is 396 g/mol. The molecule has 1 aliphatic carbocycles. The van der Waals surface area contributed by atoms with Gasteiger partial charge in [-0.2, -0.15) is 16.5 Å². The van der Waals surface area contributed by atoms with Crippen LogP contribution in [-0.2, 0) is 14.8 Å². The number of benzene rings is 1. The number of nitrogens with one attached hydrogen (secondary N) is 2. The molecule has 128 valence electrons. The van der Waals surface area contributed by atoms with Crippen LogP contribution in [0, 0.1) is 0 Å². The van der Waals surface area contributed by atoms with Crippen molar-refractivity contribution in [1.82, 2.24) is 10.0 Å². The van der Waals surface area contributed by atoms with Gasteiger partial charge in [0, 0.05) is 11.1 Å². The summed E-state index contributed by atoms with van der Waals surface area (Å²) in [6, 6.07) is 3.53. The van der Waals surface area contributed by atoms with E-state index in [0.717, 1.165) is 12.8 Å². The Morgan fingerprint density at radius 1 is 1.39 bits per heavy atom. The predicted octanol–water partition coefficient (Wildman–Crippen LogP) is 2.67. The van der Waals surface area contributed by atoms with E-state index in [4.69, 9.17) is 23.2 Å². The Bertz CT molecular complexity index is 679. The number of carbonyl (C=O) groups is 1. The number of thioether (sulfide) groups is 1. The van der Waals surface area contributed by atoms with Crippen LogP contribution in [-0.4, -0.2) is 38.4 Å². The molecule has 0 spiro atoms. The normalized spacial score (nSPS) is 16.1. The van der Waals surface area contributed by atoms with Crippen LogP contribution in [0.3, 0.4) is 0 Å². The molecule has 0 saturated heterocycles. The van der Waals surface area contributed by atoms with E-state index in [1.165, 1.54) is 18.2 Å². The zero-order valence-corrected chi connectivity index (χ0v) is 15.7. The number of sulfonamides is 1. The lowest BCUT2D eigenvalue weighted by molar-refractivity contribution is -0.122. The largest absolute Gasteiger partial charge is 0.352 e. The molecule has 2 rings (SSSR count). The van der Waals surface area contributed by atoms with E-state index in [1.54, 1.807) is 11.8 Å². The average Bonchev–Trinajstić information content (AvgIpc) is 3.29. The number of rotatable bonds is 8. The Morgan fingerprint density at radius 3 is 2.70 bits per heavy atom. The number of carbonyl (C=O) groups excluding carboxylic acids is 1. The Hall–Kier alpha value is -0.470. The van der Waals surface area contributed by atoms with E-state index in [0.29, 0.717) is 12.2 Å². The van der Waals surface area contributed by atoms with Crippen LogP contribution in [0.5, 0.6) is 0 Å². The summed E-state index contributed by atoms with van der Waals surface area (Å²) in [6.07, 6.45) is 4.18. The fraction of sp³-hybridized carbons (Fsp3) is 0.500. The minimum absolute atomic E-state index is 0.0631. The number of hydrogen-bond acceptors (Lipinski definition) is 4. The standard InChI is InChI=1S/C14H18Cl2N2O3S2/c1-22-7-6-12(14(19)17-10-3-4-10)18-23(20,21)13-8-9(15)2-5-11(13)16/h2,5,8,10,12,18H,3-4,6-7H2,1H3,(H,17,19)/t12-/m0/s1. The van der Waals surface area contributed by atoms with Gasteiger partial charge in [-0.15, -0.1) is 0 Å². The fourth-order valence-corrected chi connectivity index (χ4v) is 4.41. The maximum Gasteiger partial charge on any atom is 0.242 e. The van der Waals surface area contributed by atoms with Crippen LogP contribution in [0.4, 0.5) is 0 Å². The highest BCUT2D eigenvalue weighted by molar-refractivity contribution is 7.98. The molecule has 9 heteroatoms. The third-order valence-electron chi connectivity index (χ3n) is 3.33. The zero-order chi connectivity index (χ0) is 17.0. The number of hydrogen-bond donors (Lipinski definition) is 2. The van der Waals surface area contributed by atoms with E-state index in [1.807, 2.05) is 6.26 Å². The molecule has 1 fully saturated rings. The van der Waals surface area contributed by atoms with Gasteiger partial charge in [0.1, 0.15) is 10.9 Å². The van der Waals surface area contributed by atoms with Crippen molar-refractivity contribution in [3.05, 3.63) is 28.2 Å². The molecule has 2 N–H and O–H groups in total. The lowest BCUT2D eigenvalue weighted by Gasteiger charge is -2.18. The van der Waals surface area contributed by atoms with Crippen LogP contribution in [0.25, 0.3) is 0 Å².